The third-order valence-electron chi connectivity index (χ3n) is 2.49. The Morgan fingerprint density at radius 3 is 2.44 bits per heavy atom. The molecule has 0 aliphatic rings. The zero-order valence-corrected chi connectivity index (χ0v) is 11.4. The molecule has 0 amide bonds. The van der Waals surface area contributed by atoms with Gasteiger partial charge in [0.05, 0.1) is 35.7 Å². The Morgan fingerprint density at radius 1 is 1.28 bits per heavy atom. The molecule has 1 aromatic carbocycles. The Balaban J connectivity index is 3.21. The molecular weight excluding hydrogens is 257 g/mol. The largest absolute Gasteiger partial charge is 0.496 e. The van der Waals surface area contributed by atoms with E-state index in [1.54, 1.807) is 12.1 Å². The summed E-state index contributed by atoms with van der Waals surface area (Å²) in [5.74, 6) is 1.03. The highest BCUT2D eigenvalue weighted by molar-refractivity contribution is 7.85. The fourth-order valence-electron chi connectivity index (χ4n) is 1.64. The molecular formula is C12H18FNO3S. The number of alkyl halides is 1. The number of rotatable bonds is 7. The lowest BCUT2D eigenvalue weighted by Gasteiger charge is -2.14. The van der Waals surface area contributed by atoms with Gasteiger partial charge in [0.1, 0.15) is 18.2 Å². The summed E-state index contributed by atoms with van der Waals surface area (Å²) in [6, 6.07) is 3.38. The van der Waals surface area contributed by atoms with E-state index in [1.165, 1.54) is 14.2 Å². The Bertz CT molecular complexity index is 426. The van der Waals surface area contributed by atoms with Crippen molar-refractivity contribution >= 4 is 10.8 Å². The second kappa shape index (κ2) is 7.33. The molecule has 0 bridgehead atoms. The minimum absolute atomic E-state index is 0.0459. The van der Waals surface area contributed by atoms with Gasteiger partial charge in [-0.3, -0.25) is 8.60 Å². The highest BCUT2D eigenvalue weighted by Crippen LogP contribution is 2.31. The van der Waals surface area contributed by atoms with E-state index in [9.17, 15) is 8.60 Å². The molecule has 0 heterocycles. The number of hydrogen-bond donors (Lipinski definition) is 1. The Morgan fingerprint density at radius 2 is 1.94 bits per heavy atom. The van der Waals surface area contributed by atoms with Crippen LogP contribution >= 0.6 is 0 Å². The molecule has 0 aliphatic carbocycles. The predicted octanol–water partition coefficient (Wildman–Crippen LogP) is 1.28. The van der Waals surface area contributed by atoms with Gasteiger partial charge in [-0.1, -0.05) is 0 Å². The maximum absolute atomic E-state index is 12.3. The fourth-order valence-corrected chi connectivity index (χ4v) is 2.61. The van der Waals surface area contributed by atoms with Gasteiger partial charge in [0.25, 0.3) is 0 Å². The molecule has 1 rings (SSSR count). The molecule has 0 radical (unpaired) electrons. The van der Waals surface area contributed by atoms with Crippen LogP contribution in [0.2, 0.25) is 0 Å². The summed E-state index contributed by atoms with van der Waals surface area (Å²) < 4.78 is 34.6. The van der Waals surface area contributed by atoms with E-state index in [4.69, 9.17) is 15.2 Å². The minimum atomic E-state index is -1.43. The quantitative estimate of drug-likeness (QED) is 0.814. The zero-order valence-electron chi connectivity index (χ0n) is 10.6. The van der Waals surface area contributed by atoms with Gasteiger partial charge in [-0.25, -0.2) is 0 Å². The van der Waals surface area contributed by atoms with Crippen molar-refractivity contribution in [3.05, 3.63) is 17.7 Å². The molecule has 0 aliphatic heterocycles. The molecule has 4 nitrogen and oxygen atoms in total. The van der Waals surface area contributed by atoms with E-state index < -0.39 is 17.5 Å². The van der Waals surface area contributed by atoms with Crippen LogP contribution in [0.15, 0.2) is 17.0 Å². The minimum Gasteiger partial charge on any atom is -0.496 e. The van der Waals surface area contributed by atoms with Crippen molar-refractivity contribution in [2.45, 2.75) is 11.3 Å². The first-order valence-corrected chi connectivity index (χ1v) is 6.89. The molecule has 102 valence electrons. The van der Waals surface area contributed by atoms with Gasteiger partial charge < -0.3 is 15.2 Å². The van der Waals surface area contributed by atoms with E-state index in [-0.39, 0.29) is 5.75 Å². The summed E-state index contributed by atoms with van der Waals surface area (Å²) in [5, 5.41) is 0. The number of halogens is 1. The standard InChI is InChI=1S/C12H18FNO3S/c1-16-10-8-12(18(15)6-4-13)11(17-2)7-9(10)3-5-14/h7-8H,3-6,14H2,1-2H3. The highest BCUT2D eigenvalue weighted by atomic mass is 32.2. The highest BCUT2D eigenvalue weighted by Gasteiger charge is 2.15. The maximum atomic E-state index is 12.3. The van der Waals surface area contributed by atoms with Crippen LogP contribution in [-0.4, -0.2) is 37.4 Å². The number of methoxy groups -OCH3 is 2. The van der Waals surface area contributed by atoms with Gasteiger partial charge in [0.15, 0.2) is 0 Å². The lowest BCUT2D eigenvalue weighted by molar-refractivity contribution is 0.389. The second-order valence-electron chi connectivity index (χ2n) is 3.59. The van der Waals surface area contributed by atoms with Crippen molar-refractivity contribution in [3.8, 4) is 11.5 Å². The first kappa shape index (κ1) is 14.9. The Hall–Kier alpha value is -1.14. The summed E-state index contributed by atoms with van der Waals surface area (Å²) >= 11 is 0. The van der Waals surface area contributed by atoms with Gasteiger partial charge in [-0.05, 0) is 24.6 Å². The average molecular weight is 275 g/mol. The van der Waals surface area contributed by atoms with Crippen molar-refractivity contribution in [2.24, 2.45) is 5.73 Å². The smallest absolute Gasteiger partial charge is 0.135 e. The van der Waals surface area contributed by atoms with Crippen molar-refractivity contribution in [1.82, 2.24) is 0 Å². The van der Waals surface area contributed by atoms with Crippen LogP contribution in [-0.2, 0) is 17.2 Å². The zero-order chi connectivity index (χ0) is 13.5. The molecule has 6 heteroatoms. The van der Waals surface area contributed by atoms with Crippen LogP contribution in [0.4, 0.5) is 4.39 Å². The molecule has 0 spiro atoms. The molecule has 1 atom stereocenters. The SMILES string of the molecule is COc1cc(S(=O)CCF)c(OC)cc1CCN. The van der Waals surface area contributed by atoms with E-state index >= 15 is 0 Å². The summed E-state index contributed by atoms with van der Waals surface area (Å²) in [6.45, 7) is -0.158. The van der Waals surface area contributed by atoms with Crippen molar-refractivity contribution in [3.63, 3.8) is 0 Å². The van der Waals surface area contributed by atoms with Crippen LogP contribution in [0, 0.1) is 0 Å². The van der Waals surface area contributed by atoms with E-state index in [0.29, 0.717) is 29.4 Å². The van der Waals surface area contributed by atoms with Gasteiger partial charge in [0, 0.05) is 6.07 Å². The van der Waals surface area contributed by atoms with Gasteiger partial charge in [0.2, 0.25) is 0 Å². The second-order valence-corrected chi connectivity index (χ2v) is 5.13. The van der Waals surface area contributed by atoms with Crippen LogP contribution in [0.25, 0.3) is 0 Å². The lowest BCUT2D eigenvalue weighted by atomic mass is 10.1. The summed E-state index contributed by atoms with van der Waals surface area (Å²) in [6.07, 6.45) is 0.634. The first-order chi connectivity index (χ1) is 8.67. The fraction of sp³-hybridized carbons (Fsp3) is 0.500. The van der Waals surface area contributed by atoms with Crippen molar-refractivity contribution in [1.29, 1.82) is 0 Å². The predicted molar refractivity (Wildman–Crippen MR) is 69.6 cm³/mol. The van der Waals surface area contributed by atoms with E-state index in [0.717, 1.165) is 5.56 Å². The van der Waals surface area contributed by atoms with Crippen molar-refractivity contribution in [2.75, 3.05) is 33.2 Å². The summed E-state index contributed by atoms with van der Waals surface area (Å²) in [5.41, 5.74) is 6.40. The van der Waals surface area contributed by atoms with Crippen LogP contribution in [0.1, 0.15) is 5.56 Å². The summed E-state index contributed by atoms with van der Waals surface area (Å²) in [7, 11) is 1.59. The van der Waals surface area contributed by atoms with Crippen LogP contribution < -0.4 is 15.2 Å². The molecule has 1 unspecified atom stereocenters. The van der Waals surface area contributed by atoms with Crippen LogP contribution in [0.3, 0.4) is 0 Å². The molecule has 0 aromatic heterocycles. The molecule has 0 fully saturated rings. The normalized spacial score (nSPS) is 12.2. The van der Waals surface area contributed by atoms with Crippen LogP contribution in [0.5, 0.6) is 11.5 Å². The van der Waals surface area contributed by atoms with E-state index in [2.05, 4.69) is 0 Å². The number of hydrogen-bond acceptors (Lipinski definition) is 4. The van der Waals surface area contributed by atoms with Gasteiger partial charge in [-0.2, -0.15) is 0 Å². The average Bonchev–Trinajstić information content (AvgIpc) is 2.38. The molecule has 2 N–H and O–H groups in total. The maximum Gasteiger partial charge on any atom is 0.135 e. The monoisotopic (exact) mass is 275 g/mol. The third kappa shape index (κ3) is 3.43. The number of nitrogens with two attached hydrogens (primary N) is 1. The third-order valence-corrected chi connectivity index (χ3v) is 3.82. The first-order valence-electron chi connectivity index (χ1n) is 5.57. The number of benzene rings is 1. The lowest BCUT2D eigenvalue weighted by Crippen LogP contribution is -2.07. The Kier molecular flexibility index (Phi) is 6.07. The number of ether oxygens (including phenoxy) is 2. The van der Waals surface area contributed by atoms with Crippen molar-refractivity contribution < 1.29 is 18.1 Å². The van der Waals surface area contributed by atoms with E-state index in [1.807, 2.05) is 0 Å². The Labute approximate surface area is 109 Å². The topological polar surface area (TPSA) is 61.5 Å². The van der Waals surface area contributed by atoms with Gasteiger partial charge in [-0.15, -0.1) is 0 Å². The molecule has 18 heavy (non-hydrogen) atoms. The molecule has 0 saturated carbocycles. The van der Waals surface area contributed by atoms with Gasteiger partial charge >= 0.3 is 0 Å². The summed E-state index contributed by atoms with van der Waals surface area (Å²) in [4.78, 5) is 0.452. The molecule has 1 aromatic rings. The molecule has 0 saturated heterocycles.